The highest BCUT2D eigenvalue weighted by molar-refractivity contribution is 7.92. The summed E-state index contributed by atoms with van der Waals surface area (Å²) < 4.78 is 33.2. The zero-order chi connectivity index (χ0) is 17.2. The molecule has 0 saturated carbocycles. The Morgan fingerprint density at radius 3 is 2.67 bits per heavy atom. The first-order valence-electron chi connectivity index (χ1n) is 7.60. The first-order chi connectivity index (χ1) is 11.5. The maximum atomic E-state index is 12.6. The van der Waals surface area contributed by atoms with E-state index in [0.717, 1.165) is 16.5 Å². The molecule has 6 heteroatoms. The molecule has 0 aliphatic carbocycles. The van der Waals surface area contributed by atoms with Crippen LogP contribution in [0.5, 0.6) is 5.75 Å². The zero-order valence-corrected chi connectivity index (χ0v) is 14.3. The van der Waals surface area contributed by atoms with Crippen molar-refractivity contribution < 1.29 is 13.2 Å². The van der Waals surface area contributed by atoms with Crippen LogP contribution in [0.15, 0.2) is 59.6 Å². The summed E-state index contributed by atoms with van der Waals surface area (Å²) >= 11 is 0. The van der Waals surface area contributed by atoms with Crippen LogP contribution in [0.25, 0.3) is 10.9 Å². The number of benzene rings is 2. The molecule has 0 bridgehead atoms. The molecule has 0 radical (unpaired) electrons. The first-order valence-corrected chi connectivity index (χ1v) is 9.09. The summed E-state index contributed by atoms with van der Waals surface area (Å²) in [5.74, 6) is 0.684. The van der Waals surface area contributed by atoms with Gasteiger partial charge in [-0.25, -0.2) is 8.42 Å². The molecule has 1 N–H and O–H groups in total. The van der Waals surface area contributed by atoms with Crippen molar-refractivity contribution in [1.82, 2.24) is 4.98 Å². The van der Waals surface area contributed by atoms with Crippen molar-refractivity contribution in [3.05, 3.63) is 60.3 Å². The number of rotatable bonds is 5. The lowest BCUT2D eigenvalue weighted by Gasteiger charge is -2.11. The van der Waals surface area contributed by atoms with Crippen molar-refractivity contribution in [3.63, 3.8) is 0 Å². The fourth-order valence-corrected chi connectivity index (χ4v) is 3.57. The molecule has 0 spiro atoms. The van der Waals surface area contributed by atoms with Crippen LogP contribution in [0, 0.1) is 6.92 Å². The van der Waals surface area contributed by atoms with Gasteiger partial charge in [-0.2, -0.15) is 0 Å². The number of fused-ring (bicyclic) bond motifs is 1. The number of hydrogen-bond acceptors (Lipinski definition) is 4. The van der Waals surface area contributed by atoms with Crippen molar-refractivity contribution in [3.8, 4) is 5.75 Å². The monoisotopic (exact) mass is 342 g/mol. The molecule has 0 fully saturated rings. The van der Waals surface area contributed by atoms with E-state index in [-0.39, 0.29) is 4.90 Å². The molecule has 5 nitrogen and oxygen atoms in total. The van der Waals surface area contributed by atoms with E-state index >= 15 is 0 Å². The highest BCUT2D eigenvalue weighted by Crippen LogP contribution is 2.24. The van der Waals surface area contributed by atoms with Crippen molar-refractivity contribution in [2.45, 2.75) is 18.7 Å². The molecule has 3 rings (SSSR count). The number of hydrogen-bond donors (Lipinski definition) is 1. The number of sulfonamides is 1. The molecule has 2 aromatic carbocycles. The Labute approximate surface area is 141 Å². The second-order valence-corrected chi connectivity index (χ2v) is 7.06. The molecule has 0 atom stereocenters. The van der Waals surface area contributed by atoms with Gasteiger partial charge >= 0.3 is 0 Å². The van der Waals surface area contributed by atoms with Gasteiger partial charge in [-0.1, -0.05) is 18.2 Å². The molecule has 0 amide bonds. The number of aromatic nitrogens is 1. The highest BCUT2D eigenvalue weighted by atomic mass is 32.2. The van der Waals surface area contributed by atoms with Crippen LogP contribution < -0.4 is 9.46 Å². The van der Waals surface area contributed by atoms with E-state index in [1.165, 1.54) is 12.3 Å². The molecule has 1 aromatic heterocycles. The molecule has 3 aromatic rings. The molecular formula is C18H18N2O3S. The van der Waals surface area contributed by atoms with E-state index in [2.05, 4.69) is 9.71 Å². The molecule has 1 heterocycles. The smallest absolute Gasteiger partial charge is 0.261 e. The van der Waals surface area contributed by atoms with Crippen LogP contribution in [0.1, 0.15) is 12.5 Å². The van der Waals surface area contributed by atoms with Crippen LogP contribution >= 0.6 is 0 Å². The topological polar surface area (TPSA) is 68.3 Å². The van der Waals surface area contributed by atoms with E-state index in [1.54, 1.807) is 18.2 Å². The van der Waals surface area contributed by atoms with Gasteiger partial charge in [0.1, 0.15) is 5.75 Å². The third kappa shape index (κ3) is 3.33. The average molecular weight is 342 g/mol. The van der Waals surface area contributed by atoms with Gasteiger partial charge in [0.05, 0.1) is 28.9 Å². The SMILES string of the molecule is CCOc1ccc(S(=O)(=O)Nc2cnc3ccccc3c2)cc1C. The lowest BCUT2D eigenvalue weighted by molar-refractivity contribution is 0.337. The summed E-state index contributed by atoms with van der Waals surface area (Å²) in [6.07, 6.45) is 1.52. The first kappa shape index (κ1) is 16.3. The Hall–Kier alpha value is -2.60. The predicted molar refractivity (Wildman–Crippen MR) is 94.9 cm³/mol. The highest BCUT2D eigenvalue weighted by Gasteiger charge is 2.16. The summed E-state index contributed by atoms with van der Waals surface area (Å²) in [6, 6.07) is 14.1. The van der Waals surface area contributed by atoms with Gasteiger partial charge in [0.2, 0.25) is 0 Å². The van der Waals surface area contributed by atoms with Gasteiger partial charge in [-0.05, 0) is 49.7 Å². The number of nitrogens with one attached hydrogen (secondary N) is 1. The second-order valence-electron chi connectivity index (χ2n) is 5.38. The Morgan fingerprint density at radius 1 is 1.12 bits per heavy atom. The molecule has 0 saturated heterocycles. The fourth-order valence-electron chi connectivity index (χ4n) is 2.45. The Kier molecular flexibility index (Phi) is 4.40. The molecule has 24 heavy (non-hydrogen) atoms. The second kappa shape index (κ2) is 6.49. The van der Waals surface area contributed by atoms with E-state index in [0.29, 0.717) is 18.0 Å². The largest absolute Gasteiger partial charge is 0.494 e. The van der Waals surface area contributed by atoms with Gasteiger partial charge in [0.15, 0.2) is 0 Å². The Morgan fingerprint density at radius 2 is 1.92 bits per heavy atom. The third-order valence-corrected chi connectivity index (χ3v) is 4.98. The molecule has 0 aliphatic rings. The van der Waals surface area contributed by atoms with E-state index in [4.69, 9.17) is 4.74 Å². The lowest BCUT2D eigenvalue weighted by Crippen LogP contribution is -2.13. The minimum Gasteiger partial charge on any atom is -0.494 e. The van der Waals surface area contributed by atoms with E-state index in [9.17, 15) is 8.42 Å². The van der Waals surface area contributed by atoms with Crippen LogP contribution in [0.4, 0.5) is 5.69 Å². The van der Waals surface area contributed by atoms with Crippen molar-refractivity contribution in [1.29, 1.82) is 0 Å². The zero-order valence-electron chi connectivity index (χ0n) is 13.5. The van der Waals surface area contributed by atoms with Gasteiger partial charge in [-0.3, -0.25) is 9.71 Å². The van der Waals surface area contributed by atoms with Crippen LogP contribution in [-0.4, -0.2) is 20.0 Å². The normalized spacial score (nSPS) is 11.4. The fraction of sp³-hybridized carbons (Fsp3) is 0.167. The third-order valence-electron chi connectivity index (χ3n) is 3.60. The standard InChI is InChI=1S/C18H18N2O3S/c1-3-23-18-9-8-16(10-13(18)2)24(21,22)20-15-11-14-6-4-5-7-17(14)19-12-15/h4-12,20H,3H2,1-2H3. The van der Waals surface area contributed by atoms with Crippen LogP contribution in [0.2, 0.25) is 0 Å². The van der Waals surface area contributed by atoms with Gasteiger partial charge < -0.3 is 4.74 Å². The Balaban J connectivity index is 1.91. The number of anilines is 1. The number of pyridine rings is 1. The van der Waals surface area contributed by atoms with Gasteiger partial charge in [-0.15, -0.1) is 0 Å². The summed E-state index contributed by atoms with van der Waals surface area (Å²) in [5, 5.41) is 0.876. The van der Waals surface area contributed by atoms with Crippen LogP contribution in [0.3, 0.4) is 0 Å². The number of para-hydroxylation sites is 1. The molecule has 124 valence electrons. The maximum Gasteiger partial charge on any atom is 0.261 e. The predicted octanol–water partition coefficient (Wildman–Crippen LogP) is 3.74. The van der Waals surface area contributed by atoms with Gasteiger partial charge in [0.25, 0.3) is 10.0 Å². The van der Waals surface area contributed by atoms with E-state index < -0.39 is 10.0 Å². The van der Waals surface area contributed by atoms with Crippen molar-refractivity contribution >= 4 is 26.6 Å². The summed E-state index contributed by atoms with van der Waals surface area (Å²) in [5.41, 5.74) is 2.02. The number of aryl methyl sites for hydroxylation is 1. The number of nitrogens with zero attached hydrogens (tertiary/aromatic N) is 1. The van der Waals surface area contributed by atoms with E-state index in [1.807, 2.05) is 38.1 Å². The van der Waals surface area contributed by atoms with Crippen molar-refractivity contribution in [2.75, 3.05) is 11.3 Å². The summed E-state index contributed by atoms with van der Waals surface area (Å²) in [6.45, 7) is 4.24. The molecule has 0 unspecified atom stereocenters. The minimum atomic E-state index is -3.68. The molecule has 0 aliphatic heterocycles. The number of ether oxygens (including phenoxy) is 1. The minimum absolute atomic E-state index is 0.191. The molecular weight excluding hydrogens is 324 g/mol. The summed E-state index contributed by atoms with van der Waals surface area (Å²) in [4.78, 5) is 4.46. The maximum absolute atomic E-state index is 12.6. The van der Waals surface area contributed by atoms with Crippen molar-refractivity contribution in [2.24, 2.45) is 0 Å². The average Bonchev–Trinajstić information content (AvgIpc) is 2.56. The summed E-state index contributed by atoms with van der Waals surface area (Å²) in [7, 11) is -3.68. The van der Waals surface area contributed by atoms with Gasteiger partial charge in [0, 0.05) is 5.39 Å². The lowest BCUT2D eigenvalue weighted by atomic mass is 10.2. The van der Waals surface area contributed by atoms with Crippen LogP contribution in [-0.2, 0) is 10.0 Å². The Bertz CT molecular complexity index is 984. The quantitative estimate of drug-likeness (QED) is 0.767.